The van der Waals surface area contributed by atoms with Crippen LogP contribution in [0.3, 0.4) is 0 Å². The number of hydrogen-bond acceptors (Lipinski definition) is 3. The molecule has 4 nitrogen and oxygen atoms in total. The number of aromatic nitrogens is 1. The minimum Gasteiger partial charge on any atom is -0.345 e. The normalized spacial score (nSPS) is 28.1. The van der Waals surface area contributed by atoms with Gasteiger partial charge in [0.05, 0.1) is 0 Å². The second-order valence-electron chi connectivity index (χ2n) is 7.84. The van der Waals surface area contributed by atoms with E-state index in [1.54, 1.807) is 0 Å². The van der Waals surface area contributed by atoms with Crippen molar-refractivity contribution in [3.05, 3.63) is 66.0 Å². The lowest BCUT2D eigenvalue weighted by Crippen LogP contribution is -2.35. The Bertz CT molecular complexity index is 748. The molecule has 2 unspecified atom stereocenters. The van der Waals surface area contributed by atoms with Crippen LogP contribution in [0.2, 0.25) is 0 Å². The van der Waals surface area contributed by atoms with Gasteiger partial charge in [-0.2, -0.15) is 0 Å². The fourth-order valence-corrected chi connectivity index (χ4v) is 4.56. The maximum Gasteiger partial charge on any atom is 0.226 e. The number of benzene rings is 1. The summed E-state index contributed by atoms with van der Waals surface area (Å²) in [6.45, 7) is 1.89. The highest BCUT2D eigenvalue weighted by Gasteiger charge is 2.45. The van der Waals surface area contributed by atoms with Crippen molar-refractivity contribution in [2.24, 2.45) is 11.8 Å². The fraction of sp³-hybridized carbons (Fsp3) is 0.455. The molecule has 2 fully saturated rings. The first kappa shape index (κ1) is 17.2. The minimum atomic E-state index is 0.165. The molecular formula is C22H27N3O. The van der Waals surface area contributed by atoms with Gasteiger partial charge in [-0.15, -0.1) is 0 Å². The highest BCUT2D eigenvalue weighted by Crippen LogP contribution is 2.48. The second kappa shape index (κ2) is 7.20. The van der Waals surface area contributed by atoms with Crippen LogP contribution in [0.15, 0.2) is 54.9 Å². The quantitative estimate of drug-likeness (QED) is 0.831. The van der Waals surface area contributed by atoms with Gasteiger partial charge in [-0.3, -0.25) is 14.7 Å². The molecule has 1 aromatic carbocycles. The summed E-state index contributed by atoms with van der Waals surface area (Å²) in [5, 5.41) is 0. The zero-order valence-electron chi connectivity index (χ0n) is 15.6. The van der Waals surface area contributed by atoms with Crippen LogP contribution in [0, 0.1) is 11.8 Å². The van der Waals surface area contributed by atoms with Crippen LogP contribution in [0.25, 0.3) is 0 Å². The lowest BCUT2D eigenvalue weighted by atomic mass is 9.94. The Labute approximate surface area is 155 Å². The summed E-state index contributed by atoms with van der Waals surface area (Å²) in [6, 6.07) is 14.9. The summed E-state index contributed by atoms with van der Waals surface area (Å²) in [7, 11) is 4.15. The van der Waals surface area contributed by atoms with Crippen molar-refractivity contribution in [3.8, 4) is 0 Å². The van der Waals surface area contributed by atoms with E-state index in [2.05, 4.69) is 47.3 Å². The van der Waals surface area contributed by atoms with E-state index in [1.165, 1.54) is 11.1 Å². The highest BCUT2D eigenvalue weighted by atomic mass is 16.2. The van der Waals surface area contributed by atoms with Crippen LogP contribution in [-0.4, -0.2) is 47.9 Å². The highest BCUT2D eigenvalue weighted by molar-refractivity contribution is 5.82. The van der Waals surface area contributed by atoms with Gasteiger partial charge < -0.3 is 4.90 Å². The summed E-state index contributed by atoms with van der Waals surface area (Å²) in [6.07, 6.45) is 5.90. The molecule has 0 bridgehead atoms. The van der Waals surface area contributed by atoms with Gasteiger partial charge in [-0.25, -0.2) is 0 Å². The molecule has 1 saturated heterocycles. The van der Waals surface area contributed by atoms with Crippen molar-refractivity contribution in [2.45, 2.75) is 24.8 Å². The summed E-state index contributed by atoms with van der Waals surface area (Å²) in [5.41, 5.74) is 2.56. The number of likely N-dealkylation sites (tertiary alicyclic amines) is 1. The van der Waals surface area contributed by atoms with E-state index >= 15 is 0 Å². The third-order valence-electron chi connectivity index (χ3n) is 6.02. The first-order valence-corrected chi connectivity index (χ1v) is 9.55. The standard InChI is InChI=1S/C22H27N3O/c1-24-12-10-18(21(24)17-9-6-11-23-14-17)15-25(2)22(26)20-13-19(20)16-7-4-3-5-8-16/h3-9,11,14,18-21H,10,12-13,15H2,1-2H3/t18-,19?,20?,21-/m0/s1. The van der Waals surface area contributed by atoms with Crippen molar-refractivity contribution in [1.82, 2.24) is 14.8 Å². The van der Waals surface area contributed by atoms with Crippen LogP contribution in [0.4, 0.5) is 0 Å². The van der Waals surface area contributed by atoms with Crippen LogP contribution in [0.5, 0.6) is 0 Å². The third kappa shape index (κ3) is 3.38. The van der Waals surface area contributed by atoms with Crippen LogP contribution < -0.4 is 0 Å². The molecule has 4 atom stereocenters. The molecule has 136 valence electrons. The Morgan fingerprint density at radius 3 is 2.69 bits per heavy atom. The molecule has 4 heteroatoms. The summed E-state index contributed by atoms with van der Waals surface area (Å²) >= 11 is 0. The Morgan fingerprint density at radius 2 is 1.96 bits per heavy atom. The Kier molecular flexibility index (Phi) is 4.77. The van der Waals surface area contributed by atoms with Crippen molar-refractivity contribution >= 4 is 5.91 Å². The van der Waals surface area contributed by atoms with Gasteiger partial charge in [-0.05, 0) is 55.5 Å². The van der Waals surface area contributed by atoms with E-state index in [0.29, 0.717) is 23.8 Å². The number of carbonyl (C=O) groups is 1. The van der Waals surface area contributed by atoms with Crippen LogP contribution in [-0.2, 0) is 4.79 Å². The molecule has 1 aliphatic carbocycles. The number of amides is 1. The average molecular weight is 349 g/mol. The van der Waals surface area contributed by atoms with Crippen molar-refractivity contribution in [2.75, 3.05) is 27.2 Å². The third-order valence-corrected chi connectivity index (χ3v) is 6.02. The maximum absolute atomic E-state index is 12.9. The molecule has 2 aromatic rings. The number of nitrogens with zero attached hydrogens (tertiary/aromatic N) is 3. The summed E-state index contributed by atoms with van der Waals surface area (Å²) in [4.78, 5) is 21.6. The van der Waals surface area contributed by atoms with Crippen molar-refractivity contribution < 1.29 is 4.79 Å². The zero-order valence-corrected chi connectivity index (χ0v) is 15.6. The van der Waals surface area contributed by atoms with Gasteiger partial charge in [0.15, 0.2) is 0 Å². The minimum absolute atomic E-state index is 0.165. The molecule has 1 aliphatic heterocycles. The van der Waals surface area contributed by atoms with Gasteiger partial charge in [0.2, 0.25) is 5.91 Å². The molecule has 2 aliphatic rings. The van der Waals surface area contributed by atoms with Gasteiger partial charge in [0.1, 0.15) is 0 Å². The molecule has 1 aromatic heterocycles. The maximum atomic E-state index is 12.9. The molecule has 0 spiro atoms. The fourth-order valence-electron chi connectivity index (χ4n) is 4.56. The van der Waals surface area contributed by atoms with Gasteiger partial charge in [0, 0.05) is 37.9 Å². The summed E-state index contributed by atoms with van der Waals surface area (Å²) in [5.74, 6) is 1.34. The average Bonchev–Trinajstić information content (AvgIpc) is 3.40. The lowest BCUT2D eigenvalue weighted by molar-refractivity contribution is -0.132. The topological polar surface area (TPSA) is 36.4 Å². The van der Waals surface area contributed by atoms with E-state index in [-0.39, 0.29) is 5.92 Å². The predicted octanol–water partition coefficient (Wildman–Crippen LogP) is 3.34. The van der Waals surface area contributed by atoms with E-state index in [0.717, 1.165) is 25.9 Å². The molecule has 4 rings (SSSR count). The van der Waals surface area contributed by atoms with Crippen LogP contribution in [0.1, 0.15) is 35.9 Å². The lowest BCUT2D eigenvalue weighted by Gasteiger charge is -2.29. The number of rotatable bonds is 5. The number of carbonyl (C=O) groups excluding carboxylic acids is 1. The van der Waals surface area contributed by atoms with Gasteiger partial charge >= 0.3 is 0 Å². The predicted molar refractivity (Wildman–Crippen MR) is 103 cm³/mol. The van der Waals surface area contributed by atoms with Crippen molar-refractivity contribution in [3.63, 3.8) is 0 Å². The molecule has 2 heterocycles. The molecule has 26 heavy (non-hydrogen) atoms. The smallest absolute Gasteiger partial charge is 0.226 e. The first-order valence-electron chi connectivity index (χ1n) is 9.55. The molecule has 1 amide bonds. The van der Waals surface area contributed by atoms with Gasteiger partial charge in [0.25, 0.3) is 0 Å². The monoisotopic (exact) mass is 349 g/mol. The molecule has 0 radical (unpaired) electrons. The summed E-state index contributed by atoms with van der Waals surface area (Å²) < 4.78 is 0. The molecule has 0 N–H and O–H groups in total. The molecule has 1 saturated carbocycles. The Hall–Kier alpha value is -2.20. The van der Waals surface area contributed by atoms with Crippen molar-refractivity contribution in [1.29, 1.82) is 0 Å². The Balaban J connectivity index is 1.40. The van der Waals surface area contributed by atoms with Gasteiger partial charge in [-0.1, -0.05) is 36.4 Å². The molecular weight excluding hydrogens is 322 g/mol. The van der Waals surface area contributed by atoms with Crippen LogP contribution >= 0.6 is 0 Å². The first-order chi connectivity index (χ1) is 12.6. The van der Waals surface area contributed by atoms with E-state index in [9.17, 15) is 4.79 Å². The second-order valence-corrected chi connectivity index (χ2v) is 7.84. The van der Waals surface area contributed by atoms with E-state index < -0.39 is 0 Å². The largest absolute Gasteiger partial charge is 0.345 e. The number of hydrogen-bond donors (Lipinski definition) is 0. The zero-order chi connectivity index (χ0) is 18.1. The Morgan fingerprint density at radius 1 is 1.19 bits per heavy atom. The van der Waals surface area contributed by atoms with E-state index in [4.69, 9.17) is 0 Å². The number of pyridine rings is 1. The van der Waals surface area contributed by atoms with E-state index in [1.807, 2.05) is 36.5 Å². The SMILES string of the molecule is CN(C[C@@H]1CCN(C)[C@H]1c1cccnc1)C(=O)C1CC1c1ccccc1.